The van der Waals surface area contributed by atoms with Crippen molar-refractivity contribution in [3.8, 4) is 0 Å². The van der Waals surface area contributed by atoms with Gasteiger partial charge in [-0.15, -0.1) is 0 Å². The van der Waals surface area contributed by atoms with Crippen LogP contribution in [0.25, 0.3) is 0 Å². The molecular weight excluding hydrogens is 1500 g/mol. The Bertz CT molecular complexity index is 402. The van der Waals surface area contributed by atoms with Gasteiger partial charge >= 0.3 is 487 Å². The third kappa shape index (κ3) is 128. The summed E-state index contributed by atoms with van der Waals surface area (Å²) in [6.45, 7) is 32.1. The molecule has 0 N–H and O–H groups in total. The number of unbranched alkanes of at least 4 members (excludes halogenated alkanes) is 14. The average molecular weight is 1630 g/mol. The molecule has 0 aromatic rings. The molecule has 0 saturated carbocycles. The molecule has 0 atom stereocenters. The van der Waals surface area contributed by atoms with E-state index >= 15 is 0 Å². The monoisotopic (exact) mass is 1640 g/mol. The number of hydrogen-bond donors (Lipinski definition) is 0. The van der Waals surface area contributed by atoms with E-state index in [4.69, 9.17) is 0 Å². The van der Waals surface area contributed by atoms with Crippen molar-refractivity contribution in [2.75, 3.05) is 0 Å². The van der Waals surface area contributed by atoms with E-state index in [1.807, 2.05) is 0 Å². The Morgan fingerprint density at radius 3 is 0.238 bits per heavy atom. The summed E-state index contributed by atoms with van der Waals surface area (Å²) < 4.78 is 22.7. The van der Waals surface area contributed by atoms with Crippen molar-refractivity contribution in [1.29, 1.82) is 0 Å². The van der Waals surface area contributed by atoms with Crippen molar-refractivity contribution in [2.24, 2.45) is 0 Å². The second kappa shape index (κ2) is 101. The molecule has 0 aliphatic rings. The van der Waals surface area contributed by atoms with Crippen LogP contribution in [0, 0.1) is 0 Å². The zero-order valence-corrected chi connectivity index (χ0v) is 67.2. The summed E-state index contributed by atoms with van der Waals surface area (Å²) in [6, 6.07) is 0. The Balaban J connectivity index is -0.000000116. The molecule has 0 amide bonds. The molecule has 378 valence electrons. The van der Waals surface area contributed by atoms with E-state index in [1.54, 1.807) is 62.1 Å². The van der Waals surface area contributed by atoms with Crippen LogP contribution in [-0.2, 0) is 0 Å². The first-order chi connectivity index (χ1) is 30.9. The molecular formula is C56H126Sn7. The number of hydrogen-bond acceptors (Lipinski definition) is 0. The third-order valence-corrected chi connectivity index (χ3v) is 38.2. The van der Waals surface area contributed by atoms with Gasteiger partial charge < -0.3 is 0 Å². The first-order valence-corrected chi connectivity index (χ1v) is 57.1. The molecule has 0 fully saturated rings. The van der Waals surface area contributed by atoms with Crippen molar-refractivity contribution >= 4 is 148 Å². The predicted octanol–water partition coefficient (Wildman–Crippen LogP) is 21.9. The first-order valence-electron chi connectivity index (χ1n) is 28.8. The fraction of sp³-hybridized carbons (Fsp3) is 1.00. The zero-order chi connectivity index (χ0) is 48.6. The maximum absolute atomic E-state index is 2.29. The van der Waals surface area contributed by atoms with Crippen LogP contribution in [-0.4, -0.2) is 148 Å². The van der Waals surface area contributed by atoms with Gasteiger partial charge in [-0.3, -0.25) is 0 Å². The van der Waals surface area contributed by atoms with Gasteiger partial charge in [0.1, 0.15) is 0 Å². The average Bonchev–Trinajstić information content (AvgIpc) is 3.30. The van der Waals surface area contributed by atoms with Crippen LogP contribution in [0.3, 0.4) is 0 Å². The van der Waals surface area contributed by atoms with Gasteiger partial charge in [0, 0.05) is 0 Å². The fourth-order valence-corrected chi connectivity index (χ4v) is 34.2. The van der Waals surface area contributed by atoms with Gasteiger partial charge in [0.15, 0.2) is 0 Å². The Labute approximate surface area is 479 Å². The van der Waals surface area contributed by atoms with Crippen molar-refractivity contribution in [3.05, 3.63) is 0 Å². The van der Waals surface area contributed by atoms with Gasteiger partial charge in [-0.1, -0.05) is 0 Å². The fourth-order valence-electron chi connectivity index (χ4n) is 5.10. The number of rotatable bonds is 42. The van der Waals surface area contributed by atoms with Gasteiger partial charge in [-0.25, -0.2) is 0 Å². The van der Waals surface area contributed by atoms with Crippen LogP contribution >= 0.6 is 0 Å². The molecule has 0 saturated heterocycles. The van der Waals surface area contributed by atoms with E-state index in [9.17, 15) is 0 Å². The Morgan fingerprint density at radius 2 is 0.190 bits per heavy atom. The van der Waals surface area contributed by atoms with Gasteiger partial charge in [0.2, 0.25) is 0 Å². The van der Waals surface area contributed by atoms with Gasteiger partial charge in [-0.2, -0.15) is 0 Å². The van der Waals surface area contributed by atoms with Crippen molar-refractivity contribution in [3.63, 3.8) is 0 Å². The SMILES string of the molecule is CCC[CH2][Sn][CH2]CCC.CCC[CH2][Sn][CH2]CCC.CCC[CH2][Sn][CH2]CCC.CCC[CH2][Sn][CH2]CCC.CCC[CH2][Sn][CH2]CCC.CCC[CH2][Sn][CH2]CCC.CCC[CH2][Sn][CH2]CCC. The minimum absolute atomic E-state index is 0.149. The Morgan fingerprint density at radius 1 is 0.127 bits per heavy atom. The normalized spacial score (nSPS) is 10.0. The molecule has 0 aliphatic carbocycles. The molecule has 0 heterocycles. The summed E-state index contributed by atoms with van der Waals surface area (Å²) in [5.41, 5.74) is 0. The topological polar surface area (TPSA) is 0 Å². The molecule has 63 heavy (non-hydrogen) atoms. The Kier molecular flexibility index (Phi) is 132. The van der Waals surface area contributed by atoms with Crippen LogP contribution in [0.4, 0.5) is 0 Å². The zero-order valence-electron chi connectivity index (χ0n) is 47.2. The van der Waals surface area contributed by atoms with E-state index in [0.717, 1.165) is 0 Å². The summed E-state index contributed by atoms with van der Waals surface area (Å²) in [7, 11) is 0. The predicted molar refractivity (Wildman–Crippen MR) is 316 cm³/mol. The third-order valence-electron chi connectivity index (χ3n) is 9.90. The van der Waals surface area contributed by atoms with Crippen LogP contribution in [0.5, 0.6) is 0 Å². The van der Waals surface area contributed by atoms with E-state index in [0.29, 0.717) is 0 Å². The summed E-state index contributed by atoms with van der Waals surface area (Å²) in [5, 5.41) is 0. The molecule has 0 rings (SSSR count). The van der Waals surface area contributed by atoms with Crippen LogP contribution in [0.1, 0.15) is 277 Å². The molecule has 0 aliphatic heterocycles. The van der Waals surface area contributed by atoms with Crippen LogP contribution in [0.2, 0.25) is 62.1 Å². The van der Waals surface area contributed by atoms with E-state index < -0.39 is 0 Å². The summed E-state index contributed by atoms with van der Waals surface area (Å²) in [4.78, 5) is 0. The molecule has 14 radical (unpaired) electrons. The molecule has 0 bridgehead atoms. The van der Waals surface area contributed by atoms with Gasteiger partial charge in [-0.05, 0) is 0 Å². The van der Waals surface area contributed by atoms with Crippen molar-refractivity contribution in [2.45, 2.75) is 339 Å². The second-order valence-corrected chi connectivity index (χ2v) is 47.2. The van der Waals surface area contributed by atoms with Crippen molar-refractivity contribution in [1.82, 2.24) is 0 Å². The van der Waals surface area contributed by atoms with Crippen molar-refractivity contribution < 1.29 is 0 Å². The standard InChI is InChI=1S/14C4H9.7Sn/c14*1-3-4-2;;;;;;;/h14*1,3-4H2,2H3;;;;;;;. The summed E-state index contributed by atoms with van der Waals surface area (Å²) in [5.74, 6) is 0. The van der Waals surface area contributed by atoms with E-state index in [1.165, 1.54) is 180 Å². The first kappa shape index (κ1) is 82.6. The van der Waals surface area contributed by atoms with Gasteiger partial charge in [0.05, 0.1) is 0 Å². The van der Waals surface area contributed by atoms with Crippen LogP contribution < -0.4 is 0 Å². The molecule has 0 spiro atoms. The second-order valence-electron chi connectivity index (χ2n) is 17.2. The molecule has 0 aromatic heterocycles. The quantitative estimate of drug-likeness (QED) is 0.0422. The minimum atomic E-state index is 0.149. The molecule has 7 heteroatoms. The van der Waals surface area contributed by atoms with Crippen LogP contribution in [0.15, 0.2) is 0 Å². The molecule has 0 nitrogen and oxygen atoms in total. The van der Waals surface area contributed by atoms with Gasteiger partial charge in [0.25, 0.3) is 0 Å². The van der Waals surface area contributed by atoms with E-state index in [2.05, 4.69) is 96.9 Å². The summed E-state index contributed by atoms with van der Waals surface area (Å²) >= 11 is 1.05. The molecule has 0 aromatic carbocycles. The maximum atomic E-state index is 2.29. The van der Waals surface area contributed by atoms with E-state index in [-0.39, 0.29) is 148 Å². The molecule has 0 unspecified atom stereocenters. The summed E-state index contributed by atoms with van der Waals surface area (Å²) in [6.07, 6.45) is 40.9. The Hall–Kier alpha value is 5.59.